The molecule has 0 spiro atoms. The molecule has 0 heterocycles. The van der Waals surface area contributed by atoms with Gasteiger partial charge in [-0.3, -0.25) is 0 Å². The number of hydrogen-bond acceptors (Lipinski definition) is 0. The summed E-state index contributed by atoms with van der Waals surface area (Å²) < 4.78 is 0. The summed E-state index contributed by atoms with van der Waals surface area (Å²) in [5.41, 5.74) is 0.583. The Morgan fingerprint density at radius 3 is 1.14 bits per heavy atom. The highest BCUT2D eigenvalue weighted by Crippen LogP contribution is 2.49. The zero-order chi connectivity index (χ0) is 17.2. The molecule has 0 radical (unpaired) electrons. The van der Waals surface area contributed by atoms with Gasteiger partial charge in [0.1, 0.15) is 0 Å². The zero-order valence-corrected chi connectivity index (χ0v) is 17.2. The van der Waals surface area contributed by atoms with Crippen molar-refractivity contribution in [1.82, 2.24) is 0 Å². The average molecular weight is 311 g/mol. The van der Waals surface area contributed by atoms with Gasteiger partial charge in [-0.2, -0.15) is 0 Å². The first-order chi connectivity index (χ1) is 10.5. The van der Waals surface area contributed by atoms with Gasteiger partial charge in [0.05, 0.1) is 0 Å². The monoisotopic (exact) mass is 310 g/mol. The molecule has 0 N–H and O–H groups in total. The molecular weight excluding hydrogens is 264 g/mol. The van der Waals surface area contributed by atoms with Gasteiger partial charge in [-0.05, 0) is 35.5 Å². The second-order valence-electron chi connectivity index (χ2n) is 7.60. The van der Waals surface area contributed by atoms with Crippen LogP contribution >= 0.6 is 0 Å². The van der Waals surface area contributed by atoms with E-state index in [2.05, 4.69) is 55.4 Å². The van der Waals surface area contributed by atoms with Crippen LogP contribution in [0.15, 0.2) is 0 Å². The summed E-state index contributed by atoms with van der Waals surface area (Å²) in [7, 11) is 0. The maximum Gasteiger partial charge on any atom is -0.0272 e. The molecule has 0 amide bonds. The molecule has 0 aliphatic rings. The van der Waals surface area contributed by atoms with Crippen molar-refractivity contribution in [2.45, 2.75) is 113 Å². The molecule has 0 saturated carbocycles. The Morgan fingerprint density at radius 1 is 0.545 bits per heavy atom. The van der Waals surface area contributed by atoms with E-state index in [1.807, 2.05) is 0 Å². The van der Waals surface area contributed by atoms with E-state index in [1.54, 1.807) is 0 Å². The topological polar surface area (TPSA) is 0 Å². The molecule has 0 rings (SSSR count). The van der Waals surface area contributed by atoms with E-state index in [0.717, 1.165) is 23.7 Å². The lowest BCUT2D eigenvalue weighted by Crippen LogP contribution is -2.36. The normalized spacial score (nSPS) is 13.1. The first kappa shape index (κ1) is 22.0. The minimum Gasteiger partial charge on any atom is -0.0651 e. The Bertz CT molecular complexity index is 227. The second kappa shape index (κ2) is 11.5. The van der Waals surface area contributed by atoms with Gasteiger partial charge in [0.2, 0.25) is 0 Å². The summed E-state index contributed by atoms with van der Waals surface area (Å²) in [4.78, 5) is 0. The lowest BCUT2D eigenvalue weighted by molar-refractivity contribution is 0.0478. The van der Waals surface area contributed by atoms with E-state index in [1.165, 1.54) is 57.8 Å². The van der Waals surface area contributed by atoms with Crippen molar-refractivity contribution in [1.29, 1.82) is 0 Å². The fourth-order valence-corrected chi connectivity index (χ4v) is 5.41. The lowest BCUT2D eigenvalue weighted by atomic mass is 9.60. The zero-order valence-electron chi connectivity index (χ0n) is 17.2. The average Bonchev–Trinajstić information content (AvgIpc) is 2.56. The van der Waals surface area contributed by atoms with Crippen LogP contribution in [0.5, 0.6) is 0 Å². The van der Waals surface area contributed by atoms with Crippen molar-refractivity contribution in [3.63, 3.8) is 0 Å². The SMILES string of the molecule is CCC(CC)C(CC(CC)(CC)C(CC)CC)C(CC)CC. The van der Waals surface area contributed by atoms with Crippen LogP contribution in [0, 0.1) is 29.1 Å². The van der Waals surface area contributed by atoms with Gasteiger partial charge in [-0.1, -0.05) is 107 Å². The van der Waals surface area contributed by atoms with E-state index >= 15 is 0 Å². The van der Waals surface area contributed by atoms with Crippen molar-refractivity contribution in [2.75, 3.05) is 0 Å². The molecule has 0 aromatic carbocycles. The Morgan fingerprint density at radius 2 is 0.909 bits per heavy atom. The van der Waals surface area contributed by atoms with Crippen LogP contribution in [-0.4, -0.2) is 0 Å². The minimum absolute atomic E-state index is 0.583. The lowest BCUT2D eigenvalue weighted by Gasteiger charge is -2.45. The second-order valence-corrected chi connectivity index (χ2v) is 7.60. The summed E-state index contributed by atoms with van der Waals surface area (Å²) in [6.45, 7) is 19.4. The van der Waals surface area contributed by atoms with Gasteiger partial charge < -0.3 is 0 Å². The van der Waals surface area contributed by atoms with Gasteiger partial charge in [0, 0.05) is 0 Å². The van der Waals surface area contributed by atoms with Gasteiger partial charge in [-0.15, -0.1) is 0 Å². The van der Waals surface area contributed by atoms with Crippen LogP contribution in [-0.2, 0) is 0 Å². The molecule has 0 aromatic rings. The van der Waals surface area contributed by atoms with Crippen LogP contribution in [0.3, 0.4) is 0 Å². The summed E-state index contributed by atoms with van der Waals surface area (Å²) in [5.74, 6) is 3.70. The van der Waals surface area contributed by atoms with Gasteiger partial charge >= 0.3 is 0 Å². The first-order valence-electron chi connectivity index (χ1n) is 10.5. The van der Waals surface area contributed by atoms with Crippen LogP contribution in [0.25, 0.3) is 0 Å². The van der Waals surface area contributed by atoms with E-state index in [0.29, 0.717) is 5.41 Å². The highest BCUT2D eigenvalue weighted by molar-refractivity contribution is 4.89. The van der Waals surface area contributed by atoms with Crippen molar-refractivity contribution < 1.29 is 0 Å². The van der Waals surface area contributed by atoms with Crippen molar-refractivity contribution in [2.24, 2.45) is 29.1 Å². The highest BCUT2D eigenvalue weighted by Gasteiger charge is 2.39. The summed E-state index contributed by atoms with van der Waals surface area (Å²) >= 11 is 0. The molecule has 0 nitrogen and oxygen atoms in total. The quantitative estimate of drug-likeness (QED) is 0.322. The molecule has 0 aliphatic heterocycles. The first-order valence-corrected chi connectivity index (χ1v) is 10.5. The third-order valence-corrected chi connectivity index (χ3v) is 7.21. The van der Waals surface area contributed by atoms with Crippen LogP contribution in [0.1, 0.15) is 113 Å². The van der Waals surface area contributed by atoms with Gasteiger partial charge in [-0.25, -0.2) is 0 Å². The highest BCUT2D eigenvalue weighted by atomic mass is 14.4. The van der Waals surface area contributed by atoms with Crippen molar-refractivity contribution in [3.8, 4) is 0 Å². The molecule has 0 aliphatic carbocycles. The van der Waals surface area contributed by atoms with Crippen LogP contribution in [0.2, 0.25) is 0 Å². The molecule has 0 heteroatoms. The molecule has 22 heavy (non-hydrogen) atoms. The molecule has 0 aromatic heterocycles. The maximum atomic E-state index is 2.46. The predicted octanol–water partition coefficient (Wildman–Crippen LogP) is 8.11. The number of rotatable bonds is 13. The standard InChI is InChI=1S/C22H46/c1-9-18(10-2)21(19(11-3)12-4)17-22(15-7,16-8)20(13-5)14-6/h18-21H,9-17H2,1-8H3. The fraction of sp³-hybridized carbons (Fsp3) is 1.00. The van der Waals surface area contributed by atoms with Crippen LogP contribution < -0.4 is 0 Å². The van der Waals surface area contributed by atoms with E-state index in [9.17, 15) is 0 Å². The van der Waals surface area contributed by atoms with Crippen molar-refractivity contribution in [3.05, 3.63) is 0 Å². The summed E-state index contributed by atoms with van der Waals surface area (Å²) in [6, 6.07) is 0. The van der Waals surface area contributed by atoms with E-state index in [4.69, 9.17) is 0 Å². The van der Waals surface area contributed by atoms with Gasteiger partial charge in [0.15, 0.2) is 0 Å². The van der Waals surface area contributed by atoms with E-state index < -0.39 is 0 Å². The Balaban J connectivity index is 5.52. The van der Waals surface area contributed by atoms with E-state index in [-0.39, 0.29) is 0 Å². The molecule has 0 bridgehead atoms. The third-order valence-electron chi connectivity index (χ3n) is 7.21. The van der Waals surface area contributed by atoms with Crippen LogP contribution in [0.4, 0.5) is 0 Å². The Kier molecular flexibility index (Phi) is 11.5. The molecule has 0 fully saturated rings. The summed E-state index contributed by atoms with van der Waals surface area (Å²) in [5, 5.41) is 0. The molecular formula is C22H46. The third kappa shape index (κ3) is 5.27. The summed E-state index contributed by atoms with van der Waals surface area (Å²) in [6.07, 6.45) is 12.4. The molecule has 0 atom stereocenters. The predicted molar refractivity (Wildman–Crippen MR) is 103 cm³/mol. The molecule has 0 saturated heterocycles. The smallest absolute Gasteiger partial charge is 0.0272 e. The minimum atomic E-state index is 0.583. The molecule has 0 unspecified atom stereocenters. The Hall–Kier alpha value is 0. The fourth-order valence-electron chi connectivity index (χ4n) is 5.41. The maximum absolute atomic E-state index is 2.46. The van der Waals surface area contributed by atoms with Crippen molar-refractivity contribution >= 4 is 0 Å². The van der Waals surface area contributed by atoms with Gasteiger partial charge in [0.25, 0.3) is 0 Å². The largest absolute Gasteiger partial charge is 0.0651 e. The number of hydrogen-bond donors (Lipinski definition) is 0. The Labute approximate surface area is 142 Å². The molecule has 134 valence electrons.